The Morgan fingerprint density at radius 1 is 1.25 bits per heavy atom. The second kappa shape index (κ2) is 6.48. The molecule has 0 radical (unpaired) electrons. The van der Waals surface area contributed by atoms with Crippen molar-refractivity contribution in [3.63, 3.8) is 0 Å². The van der Waals surface area contributed by atoms with E-state index in [9.17, 15) is 4.39 Å². The van der Waals surface area contributed by atoms with Crippen LogP contribution >= 0.6 is 0 Å². The summed E-state index contributed by atoms with van der Waals surface area (Å²) in [6.07, 6.45) is 3.61. The van der Waals surface area contributed by atoms with E-state index < -0.39 is 0 Å². The van der Waals surface area contributed by atoms with Crippen molar-refractivity contribution in [3.8, 4) is 5.75 Å². The third-order valence-electron chi connectivity index (χ3n) is 2.73. The van der Waals surface area contributed by atoms with Gasteiger partial charge in [-0.05, 0) is 49.4 Å². The van der Waals surface area contributed by atoms with E-state index in [1.165, 1.54) is 6.07 Å². The molecular weight excluding hydrogens is 205 g/mol. The molecule has 0 aliphatic carbocycles. The summed E-state index contributed by atoms with van der Waals surface area (Å²) in [5, 5.41) is 0. The summed E-state index contributed by atoms with van der Waals surface area (Å²) >= 11 is 0. The van der Waals surface area contributed by atoms with Crippen molar-refractivity contribution in [1.29, 1.82) is 0 Å². The second-order valence-electron chi connectivity index (χ2n) is 3.85. The molecule has 1 rings (SSSR count). The van der Waals surface area contributed by atoms with Crippen LogP contribution in [0, 0.1) is 5.82 Å². The first-order chi connectivity index (χ1) is 7.72. The molecule has 1 aromatic carbocycles. The molecule has 16 heavy (non-hydrogen) atoms. The van der Waals surface area contributed by atoms with Gasteiger partial charge in [0.2, 0.25) is 0 Å². The molecule has 0 saturated carbocycles. The van der Waals surface area contributed by atoms with E-state index in [2.05, 4.69) is 0 Å². The van der Waals surface area contributed by atoms with E-state index in [-0.39, 0.29) is 5.82 Å². The lowest BCUT2D eigenvalue weighted by Gasteiger charge is -2.11. The largest absolute Gasteiger partial charge is 0.496 e. The number of nitrogens with two attached hydrogens (primary N) is 1. The first-order valence-electron chi connectivity index (χ1n) is 5.78. The van der Waals surface area contributed by atoms with E-state index >= 15 is 0 Å². The SMILES string of the molecule is CCc1cc(CCCCN)c(OC)cc1F. The third-order valence-corrected chi connectivity index (χ3v) is 2.73. The van der Waals surface area contributed by atoms with Crippen molar-refractivity contribution in [2.45, 2.75) is 32.6 Å². The Hall–Kier alpha value is -1.09. The van der Waals surface area contributed by atoms with E-state index in [0.717, 1.165) is 30.4 Å². The molecule has 2 nitrogen and oxygen atoms in total. The average Bonchev–Trinajstić information content (AvgIpc) is 2.30. The number of unbranched alkanes of at least 4 members (excludes halogenated alkanes) is 1. The Morgan fingerprint density at radius 3 is 2.56 bits per heavy atom. The molecule has 0 bridgehead atoms. The summed E-state index contributed by atoms with van der Waals surface area (Å²) in [6, 6.07) is 3.39. The van der Waals surface area contributed by atoms with Gasteiger partial charge in [-0.3, -0.25) is 0 Å². The van der Waals surface area contributed by atoms with Crippen LogP contribution in [0.3, 0.4) is 0 Å². The number of hydrogen-bond acceptors (Lipinski definition) is 2. The van der Waals surface area contributed by atoms with Crippen LogP contribution in [0.25, 0.3) is 0 Å². The second-order valence-corrected chi connectivity index (χ2v) is 3.85. The lowest BCUT2D eigenvalue weighted by atomic mass is 10.0. The van der Waals surface area contributed by atoms with Gasteiger partial charge < -0.3 is 10.5 Å². The van der Waals surface area contributed by atoms with E-state index in [1.807, 2.05) is 13.0 Å². The molecule has 0 aliphatic heterocycles. The van der Waals surface area contributed by atoms with Gasteiger partial charge in [0.25, 0.3) is 0 Å². The molecule has 1 aromatic rings. The van der Waals surface area contributed by atoms with Crippen LogP contribution < -0.4 is 10.5 Å². The summed E-state index contributed by atoms with van der Waals surface area (Å²) in [5.74, 6) is 0.466. The smallest absolute Gasteiger partial charge is 0.130 e. The van der Waals surface area contributed by atoms with Crippen molar-refractivity contribution in [2.75, 3.05) is 13.7 Å². The summed E-state index contributed by atoms with van der Waals surface area (Å²) < 4.78 is 18.7. The van der Waals surface area contributed by atoms with Crippen molar-refractivity contribution in [3.05, 3.63) is 29.1 Å². The molecule has 0 amide bonds. The van der Waals surface area contributed by atoms with Gasteiger partial charge in [0.1, 0.15) is 11.6 Å². The minimum absolute atomic E-state index is 0.179. The standard InChI is InChI=1S/C13H20FNO/c1-3-10-8-11(6-4-5-7-15)13(16-2)9-12(10)14/h8-9H,3-7,15H2,1-2H3. The third kappa shape index (κ3) is 3.20. The van der Waals surface area contributed by atoms with E-state index in [1.54, 1.807) is 7.11 Å². The highest BCUT2D eigenvalue weighted by atomic mass is 19.1. The van der Waals surface area contributed by atoms with Gasteiger partial charge >= 0.3 is 0 Å². The van der Waals surface area contributed by atoms with Gasteiger partial charge in [-0.1, -0.05) is 6.92 Å². The molecule has 0 saturated heterocycles. The molecule has 0 heterocycles. The fourth-order valence-electron chi connectivity index (χ4n) is 1.77. The van der Waals surface area contributed by atoms with Gasteiger partial charge in [0.05, 0.1) is 7.11 Å². The number of aryl methyl sites for hydroxylation is 2. The van der Waals surface area contributed by atoms with Crippen LogP contribution in [0.15, 0.2) is 12.1 Å². The molecule has 0 aromatic heterocycles. The molecule has 3 heteroatoms. The Balaban J connectivity index is 2.86. The molecule has 0 aliphatic rings. The lowest BCUT2D eigenvalue weighted by molar-refractivity contribution is 0.404. The molecule has 2 N–H and O–H groups in total. The number of hydrogen-bond donors (Lipinski definition) is 1. The van der Waals surface area contributed by atoms with E-state index in [4.69, 9.17) is 10.5 Å². The van der Waals surface area contributed by atoms with Crippen LogP contribution in [0.2, 0.25) is 0 Å². The molecule has 0 spiro atoms. The highest BCUT2D eigenvalue weighted by Crippen LogP contribution is 2.24. The fraction of sp³-hybridized carbons (Fsp3) is 0.538. The van der Waals surface area contributed by atoms with Gasteiger partial charge in [-0.2, -0.15) is 0 Å². The number of methoxy groups -OCH3 is 1. The minimum Gasteiger partial charge on any atom is -0.496 e. The zero-order chi connectivity index (χ0) is 12.0. The Kier molecular flexibility index (Phi) is 5.26. The maximum Gasteiger partial charge on any atom is 0.130 e. The monoisotopic (exact) mass is 225 g/mol. The summed E-state index contributed by atoms with van der Waals surface area (Å²) in [6.45, 7) is 2.65. The van der Waals surface area contributed by atoms with Crippen LogP contribution in [0.1, 0.15) is 30.9 Å². The van der Waals surface area contributed by atoms with Crippen LogP contribution in [-0.2, 0) is 12.8 Å². The predicted octanol–water partition coefficient (Wildman–Crippen LogP) is 2.68. The average molecular weight is 225 g/mol. The van der Waals surface area contributed by atoms with Crippen molar-refractivity contribution in [2.24, 2.45) is 5.73 Å². The van der Waals surface area contributed by atoms with Crippen molar-refractivity contribution in [1.82, 2.24) is 0 Å². The molecule has 0 unspecified atom stereocenters. The maximum absolute atomic E-state index is 13.5. The first-order valence-corrected chi connectivity index (χ1v) is 5.78. The number of benzene rings is 1. The van der Waals surface area contributed by atoms with Crippen LogP contribution in [0.4, 0.5) is 4.39 Å². The normalized spacial score (nSPS) is 10.5. The predicted molar refractivity (Wildman–Crippen MR) is 64.3 cm³/mol. The molecular formula is C13H20FNO. The topological polar surface area (TPSA) is 35.2 Å². The van der Waals surface area contributed by atoms with Gasteiger partial charge in [-0.15, -0.1) is 0 Å². The minimum atomic E-state index is -0.179. The summed E-state index contributed by atoms with van der Waals surface area (Å²) in [5.41, 5.74) is 7.28. The Labute approximate surface area is 96.6 Å². The van der Waals surface area contributed by atoms with Crippen molar-refractivity contribution < 1.29 is 9.13 Å². The number of ether oxygens (including phenoxy) is 1. The van der Waals surface area contributed by atoms with Gasteiger partial charge in [0, 0.05) is 6.07 Å². The highest BCUT2D eigenvalue weighted by Gasteiger charge is 2.08. The summed E-state index contributed by atoms with van der Waals surface area (Å²) in [7, 11) is 1.58. The quantitative estimate of drug-likeness (QED) is 0.755. The van der Waals surface area contributed by atoms with Crippen molar-refractivity contribution >= 4 is 0 Å². The number of rotatable bonds is 6. The number of halogens is 1. The lowest BCUT2D eigenvalue weighted by Crippen LogP contribution is -2.01. The van der Waals surface area contributed by atoms with Gasteiger partial charge in [-0.25, -0.2) is 4.39 Å². The van der Waals surface area contributed by atoms with Crippen LogP contribution in [-0.4, -0.2) is 13.7 Å². The molecule has 0 fully saturated rings. The first kappa shape index (κ1) is 13.0. The zero-order valence-electron chi connectivity index (χ0n) is 10.1. The summed E-state index contributed by atoms with van der Waals surface area (Å²) in [4.78, 5) is 0. The van der Waals surface area contributed by atoms with Crippen LogP contribution in [0.5, 0.6) is 5.75 Å². The van der Waals surface area contributed by atoms with E-state index in [0.29, 0.717) is 18.7 Å². The fourth-order valence-corrected chi connectivity index (χ4v) is 1.77. The highest BCUT2D eigenvalue weighted by molar-refractivity contribution is 5.38. The Morgan fingerprint density at radius 2 is 2.00 bits per heavy atom. The molecule has 90 valence electrons. The Bertz CT molecular complexity index is 339. The molecule has 0 atom stereocenters. The zero-order valence-corrected chi connectivity index (χ0v) is 10.1. The maximum atomic E-state index is 13.5. The van der Waals surface area contributed by atoms with Gasteiger partial charge in [0.15, 0.2) is 0 Å².